The third kappa shape index (κ3) is 3.50. The monoisotopic (exact) mass is 389 g/mol. The maximum Gasteiger partial charge on any atom is 0.352 e. The predicted molar refractivity (Wildman–Crippen MR) is 87.7 cm³/mol. The highest BCUT2D eigenvalue weighted by molar-refractivity contribution is 7.89. The highest BCUT2D eigenvalue weighted by Gasteiger charge is 2.35. The van der Waals surface area contributed by atoms with Crippen LogP contribution in [-0.2, 0) is 17.1 Å². The van der Waals surface area contributed by atoms with Gasteiger partial charge in [-0.3, -0.25) is 4.79 Å². The quantitative estimate of drug-likeness (QED) is 0.597. The number of nitrogens with zero attached hydrogens (tertiary/aromatic N) is 5. The largest absolute Gasteiger partial charge is 0.352 e. The number of nitrogens with one attached hydrogen (secondary N) is 1. The molecule has 136 valence electrons. The third-order valence-corrected chi connectivity index (χ3v) is 5.79. The van der Waals surface area contributed by atoms with Crippen molar-refractivity contribution in [2.75, 3.05) is 0 Å². The van der Waals surface area contributed by atoms with Crippen molar-refractivity contribution in [3.05, 3.63) is 22.5 Å². The number of carbonyl (C=O) groups excluding carboxylic acids is 1. The van der Waals surface area contributed by atoms with Gasteiger partial charge in [0.2, 0.25) is 10.0 Å². The smallest absolute Gasteiger partial charge is 0.348 e. The molecule has 25 heavy (non-hydrogen) atoms. The summed E-state index contributed by atoms with van der Waals surface area (Å²) in [5.74, 6) is -0.589. The van der Waals surface area contributed by atoms with Crippen LogP contribution in [0.15, 0.2) is 11.1 Å². The van der Waals surface area contributed by atoms with E-state index in [2.05, 4.69) is 20.6 Å². The first kappa shape index (κ1) is 17.8. The summed E-state index contributed by atoms with van der Waals surface area (Å²) in [5.41, 5.74) is -0.555. The zero-order chi connectivity index (χ0) is 18.4. The van der Waals surface area contributed by atoms with Crippen molar-refractivity contribution in [3.63, 3.8) is 0 Å². The van der Waals surface area contributed by atoms with Crippen LogP contribution in [0.1, 0.15) is 29.8 Å². The minimum Gasteiger partial charge on any atom is -0.348 e. The molecular weight excluding hydrogens is 374 g/mol. The summed E-state index contributed by atoms with van der Waals surface area (Å²) in [6.45, 7) is 0. The Morgan fingerprint density at radius 2 is 2.12 bits per heavy atom. The van der Waals surface area contributed by atoms with Gasteiger partial charge in [0.25, 0.3) is 5.91 Å². The second kappa shape index (κ2) is 6.35. The molecule has 0 spiro atoms. The fourth-order valence-corrected chi connectivity index (χ4v) is 4.42. The first-order valence-corrected chi connectivity index (χ1v) is 9.45. The predicted octanol–water partition coefficient (Wildman–Crippen LogP) is -1.63. The van der Waals surface area contributed by atoms with Crippen molar-refractivity contribution in [2.24, 2.45) is 12.2 Å². The first-order valence-electron chi connectivity index (χ1n) is 7.40. The van der Waals surface area contributed by atoms with Gasteiger partial charge in [-0.25, -0.2) is 27.7 Å². The van der Waals surface area contributed by atoms with Crippen LogP contribution in [0.3, 0.4) is 0 Å². The lowest BCUT2D eigenvalue weighted by atomic mass is 9.94. The molecule has 1 aliphatic carbocycles. The lowest BCUT2D eigenvalue weighted by Crippen LogP contribution is -2.46. The lowest BCUT2D eigenvalue weighted by molar-refractivity contribution is 0.0925. The van der Waals surface area contributed by atoms with E-state index in [0.717, 1.165) is 9.08 Å². The molecule has 2 aromatic heterocycles. The Hall–Kier alpha value is -2.05. The fourth-order valence-electron chi connectivity index (χ4n) is 2.88. The van der Waals surface area contributed by atoms with E-state index in [9.17, 15) is 18.0 Å². The molecule has 0 saturated heterocycles. The standard InChI is InChI=1S/C12H16ClN7O4S/c1-19-12(22)20-5-15-9(10(20)17-18-19)11(21)16-7-2-6(13)3-8(4-7)25(14,23)24/h5-8H,2-4H2,1H3,(H,16,21)(H2,14,23,24). The van der Waals surface area contributed by atoms with Gasteiger partial charge in [-0.05, 0) is 19.3 Å². The minimum absolute atomic E-state index is 0.0156. The van der Waals surface area contributed by atoms with Gasteiger partial charge in [0.15, 0.2) is 11.3 Å². The number of nitrogens with two attached hydrogens (primary N) is 1. The highest BCUT2D eigenvalue weighted by atomic mass is 35.5. The van der Waals surface area contributed by atoms with Gasteiger partial charge >= 0.3 is 5.69 Å². The van der Waals surface area contributed by atoms with Crippen LogP contribution in [-0.4, -0.2) is 55.4 Å². The average Bonchev–Trinajstić information content (AvgIpc) is 2.94. The van der Waals surface area contributed by atoms with Crippen molar-refractivity contribution < 1.29 is 13.2 Å². The van der Waals surface area contributed by atoms with E-state index in [1.807, 2.05) is 0 Å². The summed E-state index contributed by atoms with van der Waals surface area (Å²) in [6, 6.07) is -0.483. The highest BCUT2D eigenvalue weighted by Crippen LogP contribution is 2.27. The molecule has 1 saturated carbocycles. The number of fused-ring (bicyclic) bond motifs is 1. The molecule has 2 aromatic rings. The maximum absolute atomic E-state index is 12.5. The molecule has 3 rings (SSSR count). The summed E-state index contributed by atoms with van der Waals surface area (Å²) in [5, 5.41) is 14.1. The van der Waals surface area contributed by atoms with E-state index in [-0.39, 0.29) is 24.2 Å². The number of hydrogen-bond acceptors (Lipinski definition) is 7. The lowest BCUT2D eigenvalue weighted by Gasteiger charge is -2.31. The van der Waals surface area contributed by atoms with Gasteiger partial charge in [0.05, 0.1) is 5.25 Å². The summed E-state index contributed by atoms with van der Waals surface area (Å²) in [4.78, 5) is 28.3. The van der Waals surface area contributed by atoms with Crippen LogP contribution in [0, 0.1) is 0 Å². The number of imidazole rings is 1. The molecule has 1 fully saturated rings. The summed E-state index contributed by atoms with van der Waals surface area (Å²) in [6.07, 6.45) is 1.98. The van der Waals surface area contributed by atoms with Gasteiger partial charge in [-0.1, -0.05) is 5.21 Å². The second-order valence-corrected chi connectivity index (χ2v) is 8.43. The Kier molecular flexibility index (Phi) is 4.51. The normalized spacial score (nSPS) is 24.4. The van der Waals surface area contributed by atoms with E-state index >= 15 is 0 Å². The van der Waals surface area contributed by atoms with E-state index in [0.29, 0.717) is 6.42 Å². The molecule has 0 aliphatic heterocycles. The number of carbonyl (C=O) groups is 1. The van der Waals surface area contributed by atoms with Crippen molar-refractivity contribution >= 4 is 33.2 Å². The van der Waals surface area contributed by atoms with Gasteiger partial charge in [-0.2, -0.15) is 4.68 Å². The van der Waals surface area contributed by atoms with Crippen LogP contribution in [0.4, 0.5) is 0 Å². The number of primary sulfonamides is 1. The number of halogens is 1. The zero-order valence-electron chi connectivity index (χ0n) is 13.2. The molecule has 0 radical (unpaired) electrons. The molecule has 3 unspecified atom stereocenters. The van der Waals surface area contributed by atoms with Crippen molar-refractivity contribution in [1.82, 2.24) is 29.7 Å². The van der Waals surface area contributed by atoms with Gasteiger partial charge in [0.1, 0.15) is 6.33 Å². The Labute approximate surface area is 147 Å². The number of hydrogen-bond donors (Lipinski definition) is 2. The van der Waals surface area contributed by atoms with Crippen molar-refractivity contribution in [2.45, 2.75) is 35.9 Å². The van der Waals surface area contributed by atoms with Crippen LogP contribution < -0.4 is 16.1 Å². The molecule has 0 aromatic carbocycles. The molecule has 11 nitrogen and oxygen atoms in total. The number of alkyl halides is 1. The Balaban J connectivity index is 1.83. The number of rotatable bonds is 3. The summed E-state index contributed by atoms with van der Waals surface area (Å²) >= 11 is 6.10. The summed E-state index contributed by atoms with van der Waals surface area (Å²) in [7, 11) is -2.33. The van der Waals surface area contributed by atoms with Crippen LogP contribution in [0.5, 0.6) is 0 Å². The van der Waals surface area contributed by atoms with Crippen molar-refractivity contribution in [3.8, 4) is 0 Å². The molecule has 1 amide bonds. The Bertz CT molecular complexity index is 985. The topological polar surface area (TPSA) is 154 Å². The average molecular weight is 390 g/mol. The second-order valence-electron chi connectivity index (χ2n) is 5.97. The molecule has 3 atom stereocenters. The number of aryl methyl sites for hydroxylation is 1. The molecule has 2 heterocycles. The molecule has 13 heteroatoms. The molecule has 0 bridgehead atoms. The molecular formula is C12H16ClN7O4S. The van der Waals surface area contributed by atoms with E-state index in [1.165, 1.54) is 13.4 Å². The third-order valence-electron chi connectivity index (χ3n) is 4.12. The first-order chi connectivity index (χ1) is 11.7. The minimum atomic E-state index is -3.75. The van der Waals surface area contributed by atoms with Crippen LogP contribution in [0.25, 0.3) is 5.65 Å². The van der Waals surface area contributed by atoms with Crippen molar-refractivity contribution in [1.29, 1.82) is 0 Å². The maximum atomic E-state index is 12.5. The number of amides is 1. The van der Waals surface area contributed by atoms with Gasteiger partial charge < -0.3 is 5.32 Å². The van der Waals surface area contributed by atoms with E-state index < -0.39 is 38.3 Å². The Morgan fingerprint density at radius 1 is 1.40 bits per heavy atom. The summed E-state index contributed by atoms with van der Waals surface area (Å²) < 4.78 is 25.2. The molecule has 1 aliphatic rings. The SMILES string of the molecule is Cn1nnc2c(C(=O)NC3CC(Cl)CC(S(N)(=O)=O)C3)ncn2c1=O. The van der Waals surface area contributed by atoms with Crippen LogP contribution >= 0.6 is 11.6 Å². The Morgan fingerprint density at radius 3 is 2.80 bits per heavy atom. The fraction of sp³-hybridized carbons (Fsp3) is 0.583. The van der Waals surface area contributed by atoms with Gasteiger partial charge in [-0.15, -0.1) is 16.7 Å². The van der Waals surface area contributed by atoms with Gasteiger partial charge in [0, 0.05) is 18.5 Å². The molecule has 3 N–H and O–H groups in total. The van der Waals surface area contributed by atoms with Crippen LogP contribution in [0.2, 0.25) is 0 Å². The zero-order valence-corrected chi connectivity index (χ0v) is 14.7. The number of sulfonamides is 1. The van der Waals surface area contributed by atoms with E-state index in [1.54, 1.807) is 0 Å². The van der Waals surface area contributed by atoms with E-state index in [4.69, 9.17) is 16.7 Å². The number of aromatic nitrogens is 5.